The molecule has 0 saturated carbocycles. The zero-order chi connectivity index (χ0) is 21.6. The molecule has 3 N–H and O–H groups in total. The number of hydrogen-bond acceptors (Lipinski definition) is 4. The van der Waals surface area contributed by atoms with Crippen molar-refractivity contribution in [2.75, 3.05) is 17.5 Å². The van der Waals surface area contributed by atoms with Crippen LogP contribution in [0.2, 0.25) is 0 Å². The molecule has 0 spiro atoms. The number of nitrogens with one attached hydrogen (secondary N) is 3. The van der Waals surface area contributed by atoms with E-state index in [-0.39, 0.29) is 30.0 Å². The van der Waals surface area contributed by atoms with Crippen molar-refractivity contribution in [2.24, 2.45) is 12.0 Å². The van der Waals surface area contributed by atoms with Gasteiger partial charge in [0.15, 0.2) is 5.96 Å². The fourth-order valence-corrected chi connectivity index (χ4v) is 3.74. The van der Waals surface area contributed by atoms with Gasteiger partial charge >= 0.3 is 0 Å². The van der Waals surface area contributed by atoms with Crippen LogP contribution in [-0.2, 0) is 30.0 Å². The number of aromatic nitrogens is 2. The van der Waals surface area contributed by atoms with Crippen molar-refractivity contribution in [1.29, 1.82) is 0 Å². The molecule has 1 atom stereocenters. The predicted molar refractivity (Wildman–Crippen MR) is 134 cm³/mol. The second-order valence-corrected chi connectivity index (χ2v) is 9.00. The lowest BCUT2D eigenvalue weighted by Crippen LogP contribution is -2.43. The fraction of sp³-hybridized carbons (Fsp3) is 0.500. The molecule has 0 aliphatic carbocycles. The molecule has 2 aromatic rings. The number of guanidine groups is 1. The summed E-state index contributed by atoms with van der Waals surface area (Å²) >= 11 is 0. The molecular weight excluding hydrogens is 515 g/mol. The van der Waals surface area contributed by atoms with Crippen LogP contribution in [-0.4, -0.2) is 43.0 Å². The van der Waals surface area contributed by atoms with Crippen LogP contribution in [0.5, 0.6) is 0 Å². The maximum Gasteiger partial charge on any atom is 0.229 e. The van der Waals surface area contributed by atoms with Gasteiger partial charge < -0.3 is 10.6 Å². The standard InChI is InChI=1S/C20H32N6O2S.HI/c1-7-21-20(23-14(2)12-18-15(3)24-26(5)16(18)4)22-13-17-10-8-9-11-19(17)25-29(6,27)28;/h8-11,14,25H,7,12-13H2,1-6H3,(H2,21,22,23);1H. The molecule has 1 aromatic heterocycles. The van der Waals surface area contributed by atoms with Crippen LogP contribution in [0.25, 0.3) is 0 Å². The highest BCUT2D eigenvalue weighted by molar-refractivity contribution is 14.0. The summed E-state index contributed by atoms with van der Waals surface area (Å²) in [4.78, 5) is 4.64. The second-order valence-electron chi connectivity index (χ2n) is 7.25. The quantitative estimate of drug-likeness (QED) is 0.268. The maximum absolute atomic E-state index is 11.6. The average Bonchev–Trinajstić information content (AvgIpc) is 2.86. The lowest BCUT2D eigenvalue weighted by atomic mass is 10.1. The first-order valence-corrected chi connectivity index (χ1v) is 11.6. The van der Waals surface area contributed by atoms with Gasteiger partial charge in [0.1, 0.15) is 0 Å². The Morgan fingerprint density at radius 2 is 1.93 bits per heavy atom. The molecule has 0 aliphatic rings. The third kappa shape index (κ3) is 7.78. The Bertz CT molecular complexity index is 972. The molecular formula is C20H33IN6O2S. The highest BCUT2D eigenvalue weighted by atomic mass is 127. The first-order valence-electron chi connectivity index (χ1n) is 9.70. The van der Waals surface area contributed by atoms with Gasteiger partial charge in [-0.15, -0.1) is 24.0 Å². The topological polar surface area (TPSA) is 100 Å². The van der Waals surface area contributed by atoms with Crippen molar-refractivity contribution < 1.29 is 8.42 Å². The van der Waals surface area contributed by atoms with Crippen molar-refractivity contribution in [1.82, 2.24) is 20.4 Å². The summed E-state index contributed by atoms with van der Waals surface area (Å²) in [6.45, 7) is 9.31. The van der Waals surface area contributed by atoms with Crippen molar-refractivity contribution in [3.63, 3.8) is 0 Å². The van der Waals surface area contributed by atoms with E-state index in [2.05, 4.69) is 39.3 Å². The van der Waals surface area contributed by atoms with Gasteiger partial charge in [0, 0.05) is 25.3 Å². The van der Waals surface area contributed by atoms with Crippen LogP contribution < -0.4 is 15.4 Å². The normalized spacial score (nSPS) is 12.8. The van der Waals surface area contributed by atoms with Crippen molar-refractivity contribution >= 4 is 45.6 Å². The lowest BCUT2D eigenvalue weighted by molar-refractivity contribution is 0.606. The largest absolute Gasteiger partial charge is 0.357 e. The Labute approximate surface area is 197 Å². The van der Waals surface area contributed by atoms with Gasteiger partial charge in [-0.2, -0.15) is 5.10 Å². The van der Waals surface area contributed by atoms with Gasteiger partial charge in [0.25, 0.3) is 0 Å². The monoisotopic (exact) mass is 548 g/mol. The third-order valence-corrected chi connectivity index (χ3v) is 5.21. The Kier molecular flexibility index (Phi) is 10.1. The molecule has 8 nitrogen and oxygen atoms in total. The molecule has 0 saturated heterocycles. The smallest absolute Gasteiger partial charge is 0.229 e. The van der Waals surface area contributed by atoms with E-state index in [0.29, 0.717) is 18.2 Å². The molecule has 0 bridgehead atoms. The molecule has 1 heterocycles. The van der Waals surface area contributed by atoms with Crippen LogP contribution in [0, 0.1) is 13.8 Å². The van der Waals surface area contributed by atoms with Gasteiger partial charge in [-0.05, 0) is 51.3 Å². The number of halogens is 1. The van der Waals surface area contributed by atoms with Crippen molar-refractivity contribution in [3.8, 4) is 0 Å². The highest BCUT2D eigenvalue weighted by Crippen LogP contribution is 2.17. The Morgan fingerprint density at radius 3 is 2.50 bits per heavy atom. The summed E-state index contributed by atoms with van der Waals surface area (Å²) in [6.07, 6.45) is 1.98. The van der Waals surface area contributed by atoms with Crippen molar-refractivity contribution in [2.45, 2.75) is 46.7 Å². The van der Waals surface area contributed by atoms with Gasteiger partial charge in [-0.25, -0.2) is 13.4 Å². The Balaban J connectivity index is 0.00000450. The van der Waals surface area contributed by atoms with Gasteiger partial charge in [0.05, 0.1) is 24.2 Å². The number of sulfonamides is 1. The van der Waals surface area contributed by atoms with E-state index in [1.54, 1.807) is 12.1 Å². The number of nitrogens with zero attached hydrogens (tertiary/aromatic N) is 3. The van der Waals surface area contributed by atoms with E-state index >= 15 is 0 Å². The number of rotatable bonds is 8. The van der Waals surface area contributed by atoms with E-state index in [1.807, 2.05) is 37.7 Å². The van der Waals surface area contributed by atoms with Crippen molar-refractivity contribution in [3.05, 3.63) is 46.8 Å². The van der Waals surface area contributed by atoms with Crippen LogP contribution >= 0.6 is 24.0 Å². The molecule has 10 heteroatoms. The molecule has 1 unspecified atom stereocenters. The van der Waals surface area contributed by atoms with Gasteiger partial charge in [-0.3, -0.25) is 9.40 Å². The molecule has 0 radical (unpaired) electrons. The molecule has 1 aromatic carbocycles. The third-order valence-electron chi connectivity index (χ3n) is 4.62. The summed E-state index contributed by atoms with van der Waals surface area (Å²) in [5.74, 6) is 0.688. The van der Waals surface area contributed by atoms with Gasteiger partial charge in [0.2, 0.25) is 10.0 Å². The summed E-state index contributed by atoms with van der Waals surface area (Å²) in [7, 11) is -1.39. The first-order chi connectivity index (χ1) is 13.6. The second kappa shape index (κ2) is 11.5. The lowest BCUT2D eigenvalue weighted by Gasteiger charge is -2.18. The van der Waals surface area contributed by atoms with E-state index in [1.165, 1.54) is 11.3 Å². The van der Waals surface area contributed by atoms with Gasteiger partial charge in [-0.1, -0.05) is 18.2 Å². The predicted octanol–water partition coefficient (Wildman–Crippen LogP) is 2.71. The number of anilines is 1. The fourth-order valence-electron chi connectivity index (χ4n) is 3.15. The molecule has 0 aliphatic heterocycles. The number of aliphatic imine (C=N–C) groups is 1. The zero-order valence-electron chi connectivity index (χ0n) is 18.5. The molecule has 168 valence electrons. The minimum absolute atomic E-state index is 0. The molecule has 0 fully saturated rings. The van der Waals surface area contributed by atoms with E-state index in [9.17, 15) is 8.42 Å². The van der Waals surface area contributed by atoms with Crippen LogP contribution in [0.4, 0.5) is 5.69 Å². The Hall–Kier alpha value is -1.82. The van der Waals surface area contributed by atoms with Crippen LogP contribution in [0.15, 0.2) is 29.3 Å². The Morgan fingerprint density at radius 1 is 1.27 bits per heavy atom. The number of benzene rings is 1. The maximum atomic E-state index is 11.6. The minimum Gasteiger partial charge on any atom is -0.357 e. The van der Waals surface area contributed by atoms with E-state index in [4.69, 9.17) is 0 Å². The highest BCUT2D eigenvalue weighted by Gasteiger charge is 2.14. The van der Waals surface area contributed by atoms with E-state index < -0.39 is 10.0 Å². The number of aryl methyl sites for hydroxylation is 2. The summed E-state index contributed by atoms with van der Waals surface area (Å²) in [5, 5.41) is 11.2. The van der Waals surface area contributed by atoms with Crippen LogP contribution in [0.3, 0.4) is 0 Å². The summed E-state index contributed by atoms with van der Waals surface area (Å²) in [5.41, 5.74) is 4.80. The number of hydrogen-bond donors (Lipinski definition) is 3. The van der Waals surface area contributed by atoms with Crippen LogP contribution in [0.1, 0.15) is 36.4 Å². The SMILES string of the molecule is CCNC(=NCc1ccccc1NS(C)(=O)=O)NC(C)Cc1c(C)nn(C)c1C.I. The van der Waals surface area contributed by atoms with E-state index in [0.717, 1.165) is 30.5 Å². The minimum atomic E-state index is -3.35. The summed E-state index contributed by atoms with van der Waals surface area (Å²) in [6, 6.07) is 7.42. The first kappa shape index (κ1) is 26.2. The molecule has 0 amide bonds. The molecule has 2 rings (SSSR count). The number of para-hydroxylation sites is 1. The summed E-state index contributed by atoms with van der Waals surface area (Å²) < 4.78 is 27.6. The molecule has 30 heavy (non-hydrogen) atoms. The average molecular weight is 548 g/mol. The zero-order valence-corrected chi connectivity index (χ0v) is 21.6.